The van der Waals surface area contributed by atoms with E-state index in [1.54, 1.807) is 18.3 Å². The maximum absolute atomic E-state index is 14.6. The molecule has 0 radical (unpaired) electrons. The predicted molar refractivity (Wildman–Crippen MR) is 118 cm³/mol. The third-order valence-electron chi connectivity index (χ3n) is 6.24. The van der Waals surface area contributed by atoms with Crippen LogP contribution >= 0.6 is 0 Å². The first-order valence-corrected chi connectivity index (χ1v) is 11.0. The van der Waals surface area contributed by atoms with Crippen LogP contribution in [0.1, 0.15) is 32.6 Å². The number of pyridine rings is 2. The Morgan fingerprint density at radius 2 is 2.13 bits per heavy atom. The summed E-state index contributed by atoms with van der Waals surface area (Å²) in [6.07, 6.45) is 6.63. The molecular weight excluding hydrogens is 397 g/mol. The van der Waals surface area contributed by atoms with E-state index < -0.39 is 5.82 Å². The molecule has 8 heteroatoms. The Morgan fingerprint density at radius 3 is 2.90 bits per heavy atom. The number of ether oxygens (including phenoxy) is 1. The molecule has 1 atom stereocenters. The molecule has 1 unspecified atom stereocenters. The van der Waals surface area contributed by atoms with Crippen molar-refractivity contribution in [3.8, 4) is 11.1 Å². The molecule has 2 fully saturated rings. The zero-order valence-corrected chi connectivity index (χ0v) is 17.9. The molecule has 2 aliphatic rings. The largest absolute Gasteiger partial charge is 0.381 e. The summed E-state index contributed by atoms with van der Waals surface area (Å²) in [5.74, 6) is 0.436. The first-order valence-electron chi connectivity index (χ1n) is 11.0. The third kappa shape index (κ3) is 5.57. The van der Waals surface area contributed by atoms with Crippen LogP contribution in [-0.4, -0.2) is 48.7 Å². The van der Waals surface area contributed by atoms with Gasteiger partial charge in [0.2, 0.25) is 5.91 Å². The fourth-order valence-corrected chi connectivity index (χ4v) is 4.07. The molecule has 1 amide bonds. The maximum Gasteiger partial charge on any atom is 0.229 e. The van der Waals surface area contributed by atoms with Gasteiger partial charge in [-0.25, -0.2) is 14.4 Å². The predicted octanol–water partition coefficient (Wildman–Crippen LogP) is 3.45. The number of halogens is 1. The molecule has 4 heterocycles. The Kier molecular flexibility index (Phi) is 6.77. The Balaban J connectivity index is 1.46. The van der Waals surface area contributed by atoms with E-state index in [4.69, 9.17) is 4.74 Å². The molecule has 0 bridgehead atoms. The number of nitrogens with one attached hydrogen (secondary N) is 3. The van der Waals surface area contributed by atoms with Gasteiger partial charge in [-0.3, -0.25) is 4.79 Å². The van der Waals surface area contributed by atoms with E-state index in [1.165, 1.54) is 0 Å². The summed E-state index contributed by atoms with van der Waals surface area (Å²) in [4.78, 5) is 20.9. The maximum atomic E-state index is 14.6. The van der Waals surface area contributed by atoms with Gasteiger partial charge < -0.3 is 20.7 Å². The van der Waals surface area contributed by atoms with Crippen LogP contribution in [-0.2, 0) is 9.53 Å². The molecule has 2 aliphatic heterocycles. The van der Waals surface area contributed by atoms with Crippen molar-refractivity contribution in [3.05, 3.63) is 36.4 Å². The van der Waals surface area contributed by atoms with Crippen LogP contribution in [0, 0.1) is 17.2 Å². The highest BCUT2D eigenvalue weighted by atomic mass is 19.1. The second kappa shape index (κ2) is 9.70. The van der Waals surface area contributed by atoms with E-state index in [0.29, 0.717) is 29.3 Å². The van der Waals surface area contributed by atoms with E-state index in [0.717, 1.165) is 58.2 Å². The van der Waals surface area contributed by atoms with Gasteiger partial charge in [-0.05, 0) is 61.4 Å². The minimum atomic E-state index is -0.439. The first-order chi connectivity index (χ1) is 15.0. The molecule has 2 aromatic heterocycles. The minimum Gasteiger partial charge on any atom is -0.381 e. The quantitative estimate of drug-likeness (QED) is 0.655. The Morgan fingerprint density at radius 1 is 1.29 bits per heavy atom. The third-order valence-corrected chi connectivity index (χ3v) is 6.24. The number of rotatable bonds is 6. The van der Waals surface area contributed by atoms with E-state index >= 15 is 0 Å². The topological polar surface area (TPSA) is 88.2 Å². The lowest BCUT2D eigenvalue weighted by Gasteiger charge is -2.33. The summed E-state index contributed by atoms with van der Waals surface area (Å²) in [5, 5.41) is 9.46. The molecule has 0 spiro atoms. The second-order valence-corrected chi connectivity index (χ2v) is 8.79. The van der Waals surface area contributed by atoms with Crippen molar-refractivity contribution in [1.82, 2.24) is 15.3 Å². The summed E-state index contributed by atoms with van der Waals surface area (Å²) >= 11 is 0. The zero-order valence-electron chi connectivity index (χ0n) is 17.9. The number of hydrogen-bond acceptors (Lipinski definition) is 6. The molecule has 7 nitrogen and oxygen atoms in total. The van der Waals surface area contributed by atoms with Crippen LogP contribution in [0.3, 0.4) is 0 Å². The van der Waals surface area contributed by atoms with Crippen molar-refractivity contribution in [2.75, 3.05) is 43.5 Å². The summed E-state index contributed by atoms with van der Waals surface area (Å²) in [6.45, 7) is 6.17. The zero-order chi connectivity index (χ0) is 21.7. The van der Waals surface area contributed by atoms with Crippen molar-refractivity contribution in [1.29, 1.82) is 0 Å². The molecule has 0 aliphatic carbocycles. The van der Waals surface area contributed by atoms with Crippen molar-refractivity contribution in [2.45, 2.75) is 32.6 Å². The highest BCUT2D eigenvalue weighted by Crippen LogP contribution is 2.31. The van der Waals surface area contributed by atoms with Crippen LogP contribution in [0.2, 0.25) is 0 Å². The van der Waals surface area contributed by atoms with Crippen molar-refractivity contribution in [3.63, 3.8) is 0 Å². The molecule has 2 aromatic rings. The SMILES string of the molecule is CC1(CNc2cc(-c3cc(NC(=O)C4CCCNC4)ncc3F)ccn2)CCOCC1. The second-order valence-electron chi connectivity index (χ2n) is 8.79. The summed E-state index contributed by atoms with van der Waals surface area (Å²) < 4.78 is 20.0. The Labute approximate surface area is 182 Å². The van der Waals surface area contributed by atoms with Gasteiger partial charge in [0.1, 0.15) is 17.5 Å². The highest BCUT2D eigenvalue weighted by molar-refractivity contribution is 5.92. The lowest BCUT2D eigenvalue weighted by Crippen LogP contribution is -2.37. The average Bonchev–Trinajstić information content (AvgIpc) is 2.80. The summed E-state index contributed by atoms with van der Waals surface area (Å²) in [6, 6.07) is 5.18. The molecule has 0 aromatic carbocycles. The highest BCUT2D eigenvalue weighted by Gasteiger charge is 2.27. The van der Waals surface area contributed by atoms with E-state index in [1.807, 2.05) is 6.07 Å². The summed E-state index contributed by atoms with van der Waals surface area (Å²) in [5.41, 5.74) is 1.22. The fourth-order valence-electron chi connectivity index (χ4n) is 4.07. The average molecular weight is 428 g/mol. The Hall–Kier alpha value is -2.58. The molecule has 166 valence electrons. The van der Waals surface area contributed by atoms with E-state index in [9.17, 15) is 9.18 Å². The molecule has 3 N–H and O–H groups in total. The number of aromatic nitrogens is 2. The number of carbonyl (C=O) groups is 1. The van der Waals surface area contributed by atoms with Gasteiger partial charge in [0, 0.05) is 38.1 Å². The Bertz CT molecular complexity index is 911. The van der Waals surface area contributed by atoms with Crippen LogP contribution < -0.4 is 16.0 Å². The molecule has 31 heavy (non-hydrogen) atoms. The number of amides is 1. The van der Waals surface area contributed by atoms with Crippen LogP contribution in [0.25, 0.3) is 11.1 Å². The molecular formula is C23H30FN5O2. The van der Waals surface area contributed by atoms with Gasteiger partial charge in [0.15, 0.2) is 0 Å². The minimum absolute atomic E-state index is 0.0842. The lowest BCUT2D eigenvalue weighted by atomic mass is 9.82. The van der Waals surface area contributed by atoms with Crippen molar-refractivity contribution >= 4 is 17.5 Å². The van der Waals surface area contributed by atoms with Gasteiger partial charge in [0.25, 0.3) is 0 Å². The fraction of sp³-hybridized carbons (Fsp3) is 0.522. The van der Waals surface area contributed by atoms with E-state index in [-0.39, 0.29) is 17.2 Å². The number of carbonyl (C=O) groups excluding carboxylic acids is 1. The molecule has 2 saturated heterocycles. The van der Waals surface area contributed by atoms with Gasteiger partial charge in [-0.15, -0.1) is 0 Å². The first kappa shape index (κ1) is 21.6. The summed E-state index contributed by atoms with van der Waals surface area (Å²) in [7, 11) is 0. The monoisotopic (exact) mass is 427 g/mol. The van der Waals surface area contributed by atoms with Crippen LogP contribution in [0.15, 0.2) is 30.6 Å². The number of nitrogens with zero attached hydrogens (tertiary/aromatic N) is 2. The molecule has 0 saturated carbocycles. The van der Waals surface area contributed by atoms with Gasteiger partial charge in [0.05, 0.1) is 12.1 Å². The van der Waals surface area contributed by atoms with Gasteiger partial charge in [-0.2, -0.15) is 0 Å². The van der Waals surface area contributed by atoms with Crippen LogP contribution in [0.5, 0.6) is 0 Å². The molecule has 4 rings (SSSR count). The number of hydrogen-bond donors (Lipinski definition) is 3. The van der Waals surface area contributed by atoms with Crippen LogP contribution in [0.4, 0.5) is 16.0 Å². The smallest absolute Gasteiger partial charge is 0.229 e. The van der Waals surface area contributed by atoms with Crippen molar-refractivity contribution in [2.24, 2.45) is 11.3 Å². The van der Waals surface area contributed by atoms with Gasteiger partial charge in [-0.1, -0.05) is 6.92 Å². The number of anilines is 2. The standard InChI is InChI=1S/C23H30FN5O2/c1-23(5-9-31-10-6-23)15-28-20-11-16(4-8-26-20)18-12-21(27-14-19(18)24)29-22(30)17-3-2-7-25-13-17/h4,8,11-12,14,17,25H,2-3,5-7,9-10,13,15H2,1H3,(H,26,28)(H,27,29,30). The van der Waals surface area contributed by atoms with Crippen molar-refractivity contribution < 1.29 is 13.9 Å². The normalized spacial score (nSPS) is 20.8. The lowest BCUT2D eigenvalue weighted by molar-refractivity contribution is -0.120. The number of piperidine rings is 1. The van der Waals surface area contributed by atoms with Gasteiger partial charge >= 0.3 is 0 Å². The van der Waals surface area contributed by atoms with E-state index in [2.05, 4.69) is 32.8 Å².